The summed E-state index contributed by atoms with van der Waals surface area (Å²) < 4.78 is 20.2. The number of amides is 1. The van der Waals surface area contributed by atoms with Gasteiger partial charge < -0.3 is 14.7 Å². The summed E-state index contributed by atoms with van der Waals surface area (Å²) in [4.78, 5) is 38.0. The lowest BCUT2D eigenvalue weighted by atomic mass is 9.95. The van der Waals surface area contributed by atoms with E-state index in [2.05, 4.69) is 14.9 Å². The molecule has 2 fully saturated rings. The van der Waals surface area contributed by atoms with Crippen LogP contribution < -0.4 is 0 Å². The molecule has 174 valence electrons. The normalized spacial score (nSPS) is 21.1. The molecular formula is C24H27FN4O4. The molecule has 0 unspecified atom stereocenters. The lowest BCUT2D eigenvalue weighted by Gasteiger charge is -2.29. The van der Waals surface area contributed by atoms with Gasteiger partial charge in [0.25, 0.3) is 11.7 Å². The molecule has 2 aliphatic rings. The minimum atomic E-state index is -1.03. The van der Waals surface area contributed by atoms with Crippen LogP contribution in [0.3, 0.4) is 0 Å². The Morgan fingerprint density at radius 3 is 2.61 bits per heavy atom. The zero-order chi connectivity index (χ0) is 23.5. The van der Waals surface area contributed by atoms with Crippen molar-refractivity contribution in [3.63, 3.8) is 0 Å². The van der Waals surface area contributed by atoms with Crippen molar-refractivity contribution in [1.29, 1.82) is 0 Å². The Labute approximate surface area is 191 Å². The number of aliphatic hydroxyl groups is 1. The summed E-state index contributed by atoms with van der Waals surface area (Å²) in [6.07, 6.45) is 2.02. The largest absolute Gasteiger partial charge is 0.507 e. The van der Waals surface area contributed by atoms with Crippen molar-refractivity contribution in [2.24, 2.45) is 0 Å². The van der Waals surface area contributed by atoms with Crippen LogP contribution >= 0.6 is 0 Å². The third kappa shape index (κ3) is 4.65. The van der Waals surface area contributed by atoms with E-state index in [-0.39, 0.29) is 23.2 Å². The maximum absolute atomic E-state index is 14.9. The average Bonchev–Trinajstić information content (AvgIpc) is 3.04. The monoisotopic (exact) mass is 454 g/mol. The van der Waals surface area contributed by atoms with E-state index in [9.17, 15) is 19.1 Å². The van der Waals surface area contributed by atoms with Crippen LogP contribution in [0.5, 0.6) is 0 Å². The topological polar surface area (TPSA) is 95.9 Å². The number of rotatable bonds is 6. The average molecular weight is 455 g/mol. The number of benzene rings is 1. The Hall–Kier alpha value is -3.17. The number of hydrogen-bond donors (Lipinski definition) is 1. The van der Waals surface area contributed by atoms with Crippen molar-refractivity contribution in [2.75, 3.05) is 39.4 Å². The molecule has 0 saturated carbocycles. The van der Waals surface area contributed by atoms with Crippen LogP contribution in [0.2, 0.25) is 0 Å². The maximum atomic E-state index is 14.9. The van der Waals surface area contributed by atoms with E-state index >= 15 is 0 Å². The fraction of sp³-hybridized carbons (Fsp3) is 0.417. The molecule has 0 spiro atoms. The second-order valence-electron chi connectivity index (χ2n) is 8.24. The SMILES string of the molecule is Cc1ncc(C(O)=C2C(=O)C(=O)N(CCCN3CCOCC3)[C@H]2c2ccccc2F)c(C)n1. The predicted molar refractivity (Wildman–Crippen MR) is 119 cm³/mol. The molecule has 33 heavy (non-hydrogen) atoms. The van der Waals surface area contributed by atoms with Gasteiger partial charge in [-0.15, -0.1) is 0 Å². The fourth-order valence-corrected chi connectivity index (χ4v) is 4.38. The van der Waals surface area contributed by atoms with Crippen LogP contribution in [0, 0.1) is 19.7 Å². The number of aryl methyl sites for hydroxylation is 2. The summed E-state index contributed by atoms with van der Waals surface area (Å²) in [5.41, 5.74) is 0.724. The third-order valence-electron chi connectivity index (χ3n) is 6.07. The van der Waals surface area contributed by atoms with Crippen molar-refractivity contribution < 1.29 is 23.8 Å². The number of carbonyl (C=O) groups excluding carboxylic acids is 2. The number of carbonyl (C=O) groups is 2. The number of aliphatic hydroxyl groups excluding tert-OH is 1. The molecule has 2 saturated heterocycles. The molecule has 1 aromatic carbocycles. The summed E-state index contributed by atoms with van der Waals surface area (Å²) in [5.74, 6) is -2.03. The Kier molecular flexibility index (Phi) is 6.80. The number of Topliss-reactive ketones (excluding diaryl/α,β-unsaturated/α-hetero) is 1. The first kappa shape index (κ1) is 23.0. The fourth-order valence-electron chi connectivity index (χ4n) is 4.38. The summed E-state index contributed by atoms with van der Waals surface area (Å²) in [7, 11) is 0. The first-order valence-corrected chi connectivity index (χ1v) is 11.0. The molecule has 9 heteroatoms. The lowest BCUT2D eigenvalue weighted by Crippen LogP contribution is -2.39. The van der Waals surface area contributed by atoms with Crippen molar-refractivity contribution in [2.45, 2.75) is 26.3 Å². The van der Waals surface area contributed by atoms with Crippen molar-refractivity contribution in [3.05, 3.63) is 64.5 Å². The highest BCUT2D eigenvalue weighted by atomic mass is 19.1. The van der Waals surface area contributed by atoms with Crippen LogP contribution in [0.15, 0.2) is 36.0 Å². The molecule has 0 bridgehead atoms. The molecule has 4 rings (SSSR count). The highest BCUT2D eigenvalue weighted by Gasteiger charge is 2.46. The highest BCUT2D eigenvalue weighted by Crippen LogP contribution is 2.40. The number of ether oxygens (including phenoxy) is 1. The standard InChI is InChI=1S/C24H27FN4O4/c1-15-18(14-26-16(2)27-15)22(30)20-21(17-6-3-4-7-19(17)25)29(24(32)23(20)31)9-5-8-28-10-12-33-13-11-28/h3-4,6-7,14,21,30H,5,8-13H2,1-2H3/t21-/m0/s1. The molecule has 1 aromatic heterocycles. The van der Waals surface area contributed by atoms with Gasteiger partial charge in [-0.25, -0.2) is 14.4 Å². The summed E-state index contributed by atoms with van der Waals surface area (Å²) in [5, 5.41) is 11.1. The van der Waals surface area contributed by atoms with E-state index in [4.69, 9.17) is 4.74 Å². The first-order valence-electron chi connectivity index (χ1n) is 11.0. The molecule has 3 heterocycles. The van der Waals surface area contributed by atoms with Crippen molar-refractivity contribution in [3.8, 4) is 0 Å². The van der Waals surface area contributed by atoms with Gasteiger partial charge in [0.1, 0.15) is 17.4 Å². The summed E-state index contributed by atoms with van der Waals surface area (Å²) >= 11 is 0. The Morgan fingerprint density at radius 2 is 1.91 bits per heavy atom. The molecule has 0 radical (unpaired) electrons. The molecule has 1 atom stereocenters. The van der Waals surface area contributed by atoms with E-state index in [1.165, 1.54) is 23.2 Å². The van der Waals surface area contributed by atoms with E-state index in [1.54, 1.807) is 26.0 Å². The minimum absolute atomic E-state index is 0.146. The van der Waals surface area contributed by atoms with Crippen LogP contribution in [-0.2, 0) is 14.3 Å². The molecule has 8 nitrogen and oxygen atoms in total. The second kappa shape index (κ2) is 9.76. The molecular weight excluding hydrogens is 427 g/mol. The van der Waals surface area contributed by atoms with Gasteiger partial charge in [-0.05, 0) is 26.3 Å². The van der Waals surface area contributed by atoms with E-state index in [0.29, 0.717) is 31.2 Å². The quantitative estimate of drug-likeness (QED) is 0.407. The van der Waals surface area contributed by atoms with E-state index < -0.39 is 29.3 Å². The molecule has 0 aliphatic carbocycles. The van der Waals surface area contributed by atoms with Gasteiger partial charge in [0.15, 0.2) is 0 Å². The zero-order valence-electron chi connectivity index (χ0n) is 18.8. The smallest absolute Gasteiger partial charge is 0.295 e. The Balaban J connectivity index is 1.71. The van der Waals surface area contributed by atoms with Gasteiger partial charge in [-0.3, -0.25) is 14.5 Å². The van der Waals surface area contributed by atoms with Gasteiger partial charge in [-0.1, -0.05) is 18.2 Å². The molecule has 1 N–H and O–H groups in total. The number of likely N-dealkylation sites (tertiary alicyclic amines) is 1. The van der Waals surface area contributed by atoms with Gasteiger partial charge in [0, 0.05) is 37.9 Å². The molecule has 2 aromatic rings. The van der Waals surface area contributed by atoms with Crippen molar-refractivity contribution in [1.82, 2.24) is 19.8 Å². The predicted octanol–water partition coefficient (Wildman–Crippen LogP) is 2.38. The number of aromatic nitrogens is 2. The second-order valence-corrected chi connectivity index (χ2v) is 8.24. The van der Waals surface area contributed by atoms with E-state index in [1.807, 2.05) is 0 Å². The Morgan fingerprint density at radius 1 is 1.18 bits per heavy atom. The maximum Gasteiger partial charge on any atom is 0.295 e. The van der Waals surface area contributed by atoms with Gasteiger partial charge in [0.05, 0.1) is 36.1 Å². The first-order chi connectivity index (χ1) is 15.9. The third-order valence-corrected chi connectivity index (χ3v) is 6.07. The summed E-state index contributed by atoms with van der Waals surface area (Å²) in [6.45, 7) is 7.31. The van der Waals surface area contributed by atoms with Crippen molar-refractivity contribution >= 4 is 17.4 Å². The number of halogens is 1. The summed E-state index contributed by atoms with van der Waals surface area (Å²) in [6, 6.07) is 4.97. The molecule has 1 amide bonds. The lowest BCUT2D eigenvalue weighted by molar-refractivity contribution is -0.140. The van der Waals surface area contributed by atoms with Gasteiger partial charge in [0.2, 0.25) is 0 Å². The van der Waals surface area contributed by atoms with Crippen LogP contribution in [0.4, 0.5) is 4.39 Å². The van der Waals surface area contributed by atoms with Gasteiger partial charge in [-0.2, -0.15) is 0 Å². The highest BCUT2D eigenvalue weighted by molar-refractivity contribution is 6.46. The number of morpholine rings is 1. The molecule has 2 aliphatic heterocycles. The number of nitrogens with zero attached hydrogens (tertiary/aromatic N) is 4. The van der Waals surface area contributed by atoms with E-state index in [0.717, 1.165) is 19.6 Å². The number of ketones is 1. The minimum Gasteiger partial charge on any atom is -0.507 e. The van der Waals surface area contributed by atoms with Crippen LogP contribution in [-0.4, -0.2) is 76.0 Å². The Bertz CT molecular complexity index is 1100. The van der Waals surface area contributed by atoms with Gasteiger partial charge >= 0.3 is 0 Å². The zero-order valence-corrected chi connectivity index (χ0v) is 18.8. The number of hydrogen-bond acceptors (Lipinski definition) is 7. The van der Waals surface area contributed by atoms with Crippen LogP contribution in [0.1, 0.15) is 35.1 Å². The van der Waals surface area contributed by atoms with Crippen LogP contribution in [0.25, 0.3) is 5.76 Å².